The van der Waals surface area contributed by atoms with Crippen LogP contribution >= 0.6 is 11.8 Å². The maximum Gasteiger partial charge on any atom is 0.277 e. The first kappa shape index (κ1) is 20.4. The number of ether oxygens (including phenoxy) is 2. The highest BCUT2D eigenvalue weighted by atomic mass is 32.2. The summed E-state index contributed by atoms with van der Waals surface area (Å²) in [7, 11) is 0. The number of furan rings is 1. The van der Waals surface area contributed by atoms with Crippen molar-refractivity contribution in [2.75, 3.05) is 6.79 Å². The van der Waals surface area contributed by atoms with E-state index in [2.05, 4.69) is 14.8 Å². The lowest BCUT2D eigenvalue weighted by molar-refractivity contribution is 0.0993. The fourth-order valence-corrected chi connectivity index (χ4v) is 4.43. The molecule has 0 amide bonds. The van der Waals surface area contributed by atoms with Gasteiger partial charge >= 0.3 is 0 Å². The van der Waals surface area contributed by atoms with Crippen LogP contribution in [0.3, 0.4) is 0 Å². The first-order chi connectivity index (χ1) is 15.5. The van der Waals surface area contributed by atoms with Crippen molar-refractivity contribution >= 4 is 17.5 Å². The molecular formula is C23H21N3O5S. The second-order valence-corrected chi connectivity index (χ2v) is 8.81. The smallest absolute Gasteiger partial charge is 0.277 e. The number of fused-ring (bicyclic) bond motifs is 1. The molecular weight excluding hydrogens is 430 g/mol. The zero-order valence-corrected chi connectivity index (χ0v) is 18.6. The summed E-state index contributed by atoms with van der Waals surface area (Å²) >= 11 is 1.24. The summed E-state index contributed by atoms with van der Waals surface area (Å²) in [4.78, 5) is 13.2. The molecule has 0 unspecified atom stereocenters. The van der Waals surface area contributed by atoms with Crippen LogP contribution in [-0.4, -0.2) is 32.6 Å². The molecule has 1 aliphatic rings. The zero-order valence-electron chi connectivity index (χ0n) is 17.8. The van der Waals surface area contributed by atoms with Crippen LogP contribution in [0.25, 0.3) is 11.5 Å². The summed E-state index contributed by atoms with van der Waals surface area (Å²) in [6.45, 7) is 6.56. The van der Waals surface area contributed by atoms with Gasteiger partial charge in [-0.2, -0.15) is 0 Å². The van der Waals surface area contributed by atoms with Crippen molar-refractivity contribution in [1.29, 1.82) is 0 Å². The minimum Gasteiger partial charge on any atom is -0.467 e. The largest absolute Gasteiger partial charge is 0.467 e. The van der Waals surface area contributed by atoms with Crippen molar-refractivity contribution < 1.29 is 23.1 Å². The predicted molar refractivity (Wildman–Crippen MR) is 117 cm³/mol. The van der Waals surface area contributed by atoms with Gasteiger partial charge in [-0.05, 0) is 57.2 Å². The normalized spacial score (nSPS) is 13.5. The lowest BCUT2D eigenvalue weighted by Crippen LogP contribution is -2.15. The van der Waals surface area contributed by atoms with Crippen LogP contribution < -0.4 is 9.47 Å². The van der Waals surface area contributed by atoms with Gasteiger partial charge in [0.2, 0.25) is 12.7 Å². The Bertz CT molecular complexity index is 1280. The molecule has 1 atom stereocenters. The van der Waals surface area contributed by atoms with E-state index < -0.39 is 5.25 Å². The molecule has 0 radical (unpaired) electrons. The molecule has 9 heteroatoms. The number of Topliss-reactive ketones (excluding diaryl/α,β-unsaturated/α-hetero) is 1. The van der Waals surface area contributed by atoms with Gasteiger partial charge in [0, 0.05) is 22.5 Å². The van der Waals surface area contributed by atoms with E-state index in [9.17, 15) is 4.79 Å². The number of benzene rings is 1. The van der Waals surface area contributed by atoms with Crippen LogP contribution in [-0.2, 0) is 6.54 Å². The predicted octanol–water partition coefficient (Wildman–Crippen LogP) is 4.89. The van der Waals surface area contributed by atoms with Gasteiger partial charge in [-0.15, -0.1) is 10.2 Å². The average Bonchev–Trinajstić information content (AvgIpc) is 3.58. The summed E-state index contributed by atoms with van der Waals surface area (Å²) in [5.41, 5.74) is 3.32. The van der Waals surface area contributed by atoms with Crippen molar-refractivity contribution in [3.05, 3.63) is 65.4 Å². The number of nitrogens with zero attached hydrogens (tertiary/aromatic N) is 3. The van der Waals surface area contributed by atoms with Gasteiger partial charge in [-0.1, -0.05) is 11.8 Å². The van der Waals surface area contributed by atoms with E-state index in [0.29, 0.717) is 34.7 Å². The van der Waals surface area contributed by atoms with Gasteiger partial charge in [0.1, 0.15) is 5.76 Å². The summed E-state index contributed by atoms with van der Waals surface area (Å²) in [5.74, 6) is 2.55. The molecule has 8 nitrogen and oxygen atoms in total. The Morgan fingerprint density at radius 1 is 1.16 bits per heavy atom. The maximum absolute atomic E-state index is 13.2. The molecule has 0 N–H and O–H groups in total. The third kappa shape index (κ3) is 3.80. The Balaban J connectivity index is 1.30. The van der Waals surface area contributed by atoms with Crippen LogP contribution in [0.2, 0.25) is 0 Å². The minimum absolute atomic E-state index is 0.0108. The topological polar surface area (TPSA) is 92.5 Å². The van der Waals surface area contributed by atoms with Gasteiger partial charge < -0.3 is 22.9 Å². The number of hydrogen-bond donors (Lipinski definition) is 0. The van der Waals surface area contributed by atoms with Crippen molar-refractivity contribution in [2.45, 2.75) is 37.8 Å². The number of ketones is 1. The molecule has 0 saturated carbocycles. The van der Waals surface area contributed by atoms with Crippen LogP contribution in [0.1, 0.15) is 34.4 Å². The lowest BCUT2D eigenvalue weighted by atomic mass is 10.1. The first-order valence-corrected chi connectivity index (χ1v) is 11.0. The van der Waals surface area contributed by atoms with Crippen LogP contribution in [0, 0.1) is 13.8 Å². The Kier molecular flexibility index (Phi) is 5.26. The molecule has 0 saturated heterocycles. The van der Waals surface area contributed by atoms with Gasteiger partial charge in [0.25, 0.3) is 5.22 Å². The first-order valence-electron chi connectivity index (χ1n) is 10.1. The molecule has 164 valence electrons. The Labute approximate surface area is 188 Å². The fraction of sp³-hybridized carbons (Fsp3) is 0.261. The standard InChI is InChI=1S/C23H21N3O5S/c1-13-9-18(14(2)26(13)11-17-5-4-8-28-17)21(27)15(3)32-23-25-24-22(31-23)16-6-7-19-20(10-16)30-12-29-19/h4-10,15H,11-12H2,1-3H3/t15-/m0/s1. The van der Waals surface area contributed by atoms with E-state index in [-0.39, 0.29) is 12.6 Å². The molecule has 4 heterocycles. The van der Waals surface area contributed by atoms with Gasteiger partial charge in [-0.3, -0.25) is 4.79 Å². The van der Waals surface area contributed by atoms with E-state index >= 15 is 0 Å². The summed E-state index contributed by atoms with van der Waals surface area (Å²) in [5, 5.41) is 8.16. The second kappa shape index (κ2) is 8.23. The Morgan fingerprint density at radius 3 is 2.81 bits per heavy atom. The monoisotopic (exact) mass is 451 g/mol. The molecule has 32 heavy (non-hydrogen) atoms. The van der Waals surface area contributed by atoms with Crippen molar-refractivity contribution in [1.82, 2.24) is 14.8 Å². The van der Waals surface area contributed by atoms with Crippen molar-refractivity contribution in [3.63, 3.8) is 0 Å². The molecule has 1 aromatic carbocycles. The molecule has 4 aromatic rings. The molecule has 0 aliphatic carbocycles. The van der Waals surface area contributed by atoms with Crippen LogP contribution in [0.15, 0.2) is 56.7 Å². The van der Waals surface area contributed by atoms with E-state index in [1.807, 2.05) is 45.0 Å². The van der Waals surface area contributed by atoms with Gasteiger partial charge in [0.15, 0.2) is 17.3 Å². The highest BCUT2D eigenvalue weighted by molar-refractivity contribution is 8.00. The van der Waals surface area contributed by atoms with E-state index in [0.717, 1.165) is 22.7 Å². The van der Waals surface area contributed by atoms with E-state index in [1.165, 1.54) is 11.8 Å². The maximum atomic E-state index is 13.2. The van der Waals surface area contributed by atoms with Gasteiger partial charge in [-0.25, -0.2) is 0 Å². The third-order valence-corrected chi connectivity index (χ3v) is 6.34. The number of hydrogen-bond acceptors (Lipinski definition) is 8. The number of carbonyl (C=O) groups is 1. The average molecular weight is 452 g/mol. The molecule has 1 aliphatic heterocycles. The lowest BCUT2D eigenvalue weighted by Gasteiger charge is -2.10. The van der Waals surface area contributed by atoms with E-state index in [4.69, 9.17) is 18.3 Å². The summed E-state index contributed by atoms with van der Waals surface area (Å²) in [6, 6.07) is 11.1. The highest BCUT2D eigenvalue weighted by Crippen LogP contribution is 2.36. The molecule has 0 spiro atoms. The Morgan fingerprint density at radius 2 is 2.00 bits per heavy atom. The Hall–Kier alpha value is -3.46. The van der Waals surface area contributed by atoms with Crippen molar-refractivity contribution in [2.24, 2.45) is 0 Å². The molecule has 5 rings (SSSR count). The third-order valence-electron chi connectivity index (χ3n) is 5.41. The minimum atomic E-state index is -0.391. The van der Waals surface area contributed by atoms with Crippen molar-refractivity contribution in [3.8, 4) is 23.0 Å². The van der Waals surface area contributed by atoms with Gasteiger partial charge in [0.05, 0.1) is 18.1 Å². The molecule has 3 aromatic heterocycles. The molecule has 0 bridgehead atoms. The van der Waals surface area contributed by atoms with Crippen LogP contribution in [0.4, 0.5) is 0 Å². The quantitative estimate of drug-likeness (QED) is 0.290. The second-order valence-electron chi connectivity index (χ2n) is 7.52. The number of aryl methyl sites for hydroxylation is 1. The number of rotatable bonds is 7. The number of carbonyl (C=O) groups excluding carboxylic acids is 1. The zero-order chi connectivity index (χ0) is 22.2. The number of thioether (sulfide) groups is 1. The fourth-order valence-electron chi connectivity index (χ4n) is 3.68. The SMILES string of the molecule is Cc1cc(C(=O)[C@H](C)Sc2nnc(-c3ccc4c(c3)OCO4)o2)c(C)n1Cc1ccco1. The number of aromatic nitrogens is 3. The van der Waals surface area contributed by atoms with Crippen LogP contribution in [0.5, 0.6) is 11.5 Å². The summed E-state index contributed by atoms with van der Waals surface area (Å²) < 4.78 is 24.0. The summed E-state index contributed by atoms with van der Waals surface area (Å²) in [6.07, 6.45) is 1.65. The van der Waals surface area contributed by atoms with E-state index in [1.54, 1.807) is 18.4 Å². The highest BCUT2D eigenvalue weighted by Gasteiger charge is 2.24. The molecule has 0 fully saturated rings.